The van der Waals surface area contributed by atoms with Gasteiger partial charge in [-0.1, -0.05) is 42.8 Å². The number of nitrogens with zero attached hydrogens (tertiary/aromatic N) is 2. The van der Waals surface area contributed by atoms with Gasteiger partial charge in [0, 0.05) is 37.4 Å². The molecule has 0 unspecified atom stereocenters. The van der Waals surface area contributed by atoms with Crippen molar-refractivity contribution in [1.82, 2.24) is 4.90 Å². The second-order valence-corrected chi connectivity index (χ2v) is 8.54. The first-order valence-electron chi connectivity index (χ1n) is 11.0. The molecule has 1 amide bonds. The molecule has 1 fully saturated rings. The second-order valence-electron chi connectivity index (χ2n) is 8.54. The van der Waals surface area contributed by atoms with Crippen molar-refractivity contribution in [1.29, 1.82) is 0 Å². The maximum absolute atomic E-state index is 12.8. The van der Waals surface area contributed by atoms with Gasteiger partial charge in [0.1, 0.15) is 0 Å². The zero-order valence-electron chi connectivity index (χ0n) is 17.4. The SMILES string of the molecule is CN(CCCN1c2ccccc2CCc2ccccc21)C(=O)[C@@H]1CCC[C@H](O)C1. The lowest BCUT2D eigenvalue weighted by atomic mass is 9.86. The minimum Gasteiger partial charge on any atom is -0.393 e. The van der Waals surface area contributed by atoms with Crippen molar-refractivity contribution in [2.75, 3.05) is 25.0 Å². The third kappa shape index (κ3) is 4.48. The molecule has 29 heavy (non-hydrogen) atoms. The van der Waals surface area contributed by atoms with Crippen LogP contribution in [0.25, 0.3) is 0 Å². The van der Waals surface area contributed by atoms with Crippen molar-refractivity contribution in [3.8, 4) is 0 Å². The Balaban J connectivity index is 1.43. The molecular formula is C25H32N2O2. The van der Waals surface area contributed by atoms with Gasteiger partial charge in [0.15, 0.2) is 0 Å². The highest BCUT2D eigenvalue weighted by atomic mass is 16.3. The zero-order valence-corrected chi connectivity index (χ0v) is 17.4. The van der Waals surface area contributed by atoms with Crippen molar-refractivity contribution >= 4 is 17.3 Å². The maximum atomic E-state index is 12.8. The third-order valence-corrected chi connectivity index (χ3v) is 6.48. The zero-order chi connectivity index (χ0) is 20.2. The Labute approximate surface area is 174 Å². The van der Waals surface area contributed by atoms with E-state index in [0.717, 1.165) is 51.6 Å². The fourth-order valence-electron chi connectivity index (χ4n) is 4.89. The number of rotatable bonds is 5. The number of fused-ring (bicyclic) bond motifs is 2. The molecule has 4 nitrogen and oxygen atoms in total. The Hall–Kier alpha value is -2.33. The van der Waals surface area contributed by atoms with E-state index in [4.69, 9.17) is 0 Å². The molecule has 4 heteroatoms. The van der Waals surface area contributed by atoms with Crippen LogP contribution in [0.4, 0.5) is 11.4 Å². The fourth-order valence-corrected chi connectivity index (χ4v) is 4.89. The predicted molar refractivity (Wildman–Crippen MR) is 118 cm³/mol. The van der Waals surface area contributed by atoms with Crippen LogP contribution in [0, 0.1) is 5.92 Å². The first kappa shape index (κ1) is 20.0. The van der Waals surface area contributed by atoms with Crippen LogP contribution >= 0.6 is 0 Å². The van der Waals surface area contributed by atoms with E-state index in [-0.39, 0.29) is 17.9 Å². The van der Waals surface area contributed by atoms with Gasteiger partial charge in [0.2, 0.25) is 5.91 Å². The predicted octanol–water partition coefficient (Wildman–Crippen LogP) is 4.32. The van der Waals surface area contributed by atoms with E-state index in [1.54, 1.807) is 0 Å². The molecule has 1 aliphatic carbocycles. The number of amides is 1. The highest BCUT2D eigenvalue weighted by molar-refractivity contribution is 5.78. The van der Waals surface area contributed by atoms with E-state index in [0.29, 0.717) is 6.42 Å². The quantitative estimate of drug-likeness (QED) is 0.824. The van der Waals surface area contributed by atoms with E-state index >= 15 is 0 Å². The van der Waals surface area contributed by atoms with Crippen LogP contribution in [0.1, 0.15) is 43.2 Å². The lowest BCUT2D eigenvalue weighted by Crippen LogP contribution is -2.38. The largest absolute Gasteiger partial charge is 0.393 e. The van der Waals surface area contributed by atoms with Crippen molar-refractivity contribution in [3.05, 3.63) is 59.7 Å². The molecular weight excluding hydrogens is 360 g/mol. The molecule has 2 atom stereocenters. The van der Waals surface area contributed by atoms with Gasteiger partial charge in [-0.05, 0) is 61.8 Å². The molecule has 2 aromatic carbocycles. The normalized spacial score (nSPS) is 21.1. The fraction of sp³-hybridized carbons (Fsp3) is 0.480. The van der Waals surface area contributed by atoms with E-state index in [1.807, 2.05) is 11.9 Å². The highest BCUT2D eigenvalue weighted by Crippen LogP contribution is 2.36. The summed E-state index contributed by atoms with van der Waals surface area (Å²) in [5.41, 5.74) is 5.37. The van der Waals surface area contributed by atoms with Crippen LogP contribution in [0.15, 0.2) is 48.5 Å². The molecule has 2 aliphatic rings. The summed E-state index contributed by atoms with van der Waals surface area (Å²) in [6.07, 6.45) is 6.05. The Bertz CT molecular complexity index is 803. The number of carbonyl (C=O) groups excluding carboxylic acids is 1. The molecule has 0 aromatic heterocycles. The van der Waals surface area contributed by atoms with Gasteiger partial charge in [0.05, 0.1) is 6.10 Å². The molecule has 1 saturated carbocycles. The Morgan fingerprint density at radius 1 is 1.03 bits per heavy atom. The summed E-state index contributed by atoms with van der Waals surface area (Å²) in [5.74, 6) is 0.184. The Kier molecular flexibility index (Phi) is 6.19. The molecule has 154 valence electrons. The molecule has 1 aliphatic heterocycles. The molecule has 0 spiro atoms. The van der Waals surface area contributed by atoms with E-state index in [9.17, 15) is 9.90 Å². The number of carbonyl (C=O) groups is 1. The molecule has 1 N–H and O–H groups in total. The highest BCUT2D eigenvalue weighted by Gasteiger charge is 2.28. The summed E-state index contributed by atoms with van der Waals surface area (Å²) < 4.78 is 0. The molecule has 0 bridgehead atoms. The smallest absolute Gasteiger partial charge is 0.225 e. The van der Waals surface area contributed by atoms with Crippen LogP contribution < -0.4 is 4.90 Å². The number of hydrogen-bond acceptors (Lipinski definition) is 3. The van der Waals surface area contributed by atoms with Crippen molar-refractivity contribution in [3.63, 3.8) is 0 Å². The van der Waals surface area contributed by atoms with Crippen molar-refractivity contribution in [2.24, 2.45) is 5.92 Å². The number of aliphatic hydroxyl groups excluding tert-OH is 1. The van der Waals surface area contributed by atoms with E-state index < -0.39 is 0 Å². The topological polar surface area (TPSA) is 43.8 Å². The molecule has 1 heterocycles. The van der Waals surface area contributed by atoms with Gasteiger partial charge >= 0.3 is 0 Å². The second kappa shape index (κ2) is 9.00. The Morgan fingerprint density at radius 2 is 1.66 bits per heavy atom. The van der Waals surface area contributed by atoms with Crippen LogP contribution in [0.3, 0.4) is 0 Å². The molecule has 0 saturated heterocycles. The molecule has 2 aromatic rings. The lowest BCUT2D eigenvalue weighted by molar-refractivity contribution is -0.136. The minimum atomic E-state index is -0.309. The average Bonchev–Trinajstić information content (AvgIpc) is 2.90. The van der Waals surface area contributed by atoms with Crippen LogP contribution in [-0.2, 0) is 17.6 Å². The first-order valence-corrected chi connectivity index (χ1v) is 11.0. The maximum Gasteiger partial charge on any atom is 0.225 e. The summed E-state index contributed by atoms with van der Waals surface area (Å²) in [7, 11) is 1.91. The average molecular weight is 393 g/mol. The molecule has 4 rings (SSSR count). The summed E-state index contributed by atoms with van der Waals surface area (Å²) in [6.45, 7) is 1.63. The van der Waals surface area contributed by atoms with Crippen molar-refractivity contribution in [2.45, 2.75) is 51.0 Å². The van der Waals surface area contributed by atoms with Gasteiger partial charge in [-0.2, -0.15) is 0 Å². The van der Waals surface area contributed by atoms with Crippen LogP contribution in [0.2, 0.25) is 0 Å². The monoisotopic (exact) mass is 392 g/mol. The lowest BCUT2D eigenvalue weighted by Gasteiger charge is -2.30. The van der Waals surface area contributed by atoms with Gasteiger partial charge in [-0.25, -0.2) is 0 Å². The first-order chi connectivity index (χ1) is 14.1. The minimum absolute atomic E-state index is 0.0108. The number of benzene rings is 2. The number of hydrogen-bond donors (Lipinski definition) is 1. The van der Waals surface area contributed by atoms with Crippen LogP contribution in [0.5, 0.6) is 0 Å². The van der Waals surface area contributed by atoms with Gasteiger partial charge < -0.3 is 14.9 Å². The van der Waals surface area contributed by atoms with E-state index in [1.165, 1.54) is 22.5 Å². The summed E-state index contributed by atoms with van der Waals surface area (Å²) in [5, 5.41) is 9.89. The molecule has 0 radical (unpaired) electrons. The van der Waals surface area contributed by atoms with Gasteiger partial charge in [-0.3, -0.25) is 4.79 Å². The number of aryl methyl sites for hydroxylation is 2. The number of aliphatic hydroxyl groups is 1. The van der Waals surface area contributed by atoms with E-state index in [2.05, 4.69) is 53.4 Å². The number of anilines is 2. The summed E-state index contributed by atoms with van der Waals surface area (Å²) in [6, 6.07) is 17.4. The number of para-hydroxylation sites is 2. The van der Waals surface area contributed by atoms with Crippen molar-refractivity contribution < 1.29 is 9.90 Å². The van der Waals surface area contributed by atoms with Crippen LogP contribution in [-0.4, -0.2) is 42.2 Å². The Morgan fingerprint density at radius 3 is 2.28 bits per heavy atom. The standard InChI is InChI=1S/C25H32N2O2/c1-26(25(29)21-10-6-11-22(28)18-21)16-7-17-27-23-12-4-2-8-19(23)14-15-20-9-3-5-13-24(20)27/h2-5,8-9,12-13,21-22,28H,6-7,10-11,14-18H2,1H3/t21-,22+/m1/s1. The summed E-state index contributed by atoms with van der Waals surface area (Å²) in [4.78, 5) is 17.1. The van der Waals surface area contributed by atoms with Gasteiger partial charge in [-0.15, -0.1) is 0 Å². The summed E-state index contributed by atoms with van der Waals surface area (Å²) >= 11 is 0. The third-order valence-electron chi connectivity index (χ3n) is 6.48. The van der Waals surface area contributed by atoms with Gasteiger partial charge in [0.25, 0.3) is 0 Å².